The first-order chi connectivity index (χ1) is 7.17. The zero-order valence-corrected chi connectivity index (χ0v) is 8.69. The maximum Gasteiger partial charge on any atom is 0.254 e. The minimum atomic E-state index is -0.174. The lowest BCUT2D eigenvalue weighted by Gasteiger charge is -2.33. The summed E-state index contributed by atoms with van der Waals surface area (Å²) in [6.07, 6.45) is 2.10. The van der Waals surface area contributed by atoms with Crippen LogP contribution in [0.2, 0.25) is 0 Å². The molecular weight excluding hydrogens is 194 g/mol. The van der Waals surface area contributed by atoms with Crippen LogP contribution in [0.5, 0.6) is 5.88 Å². The Balaban J connectivity index is 1.97. The van der Waals surface area contributed by atoms with E-state index in [2.05, 4.69) is 9.97 Å². The molecule has 15 heavy (non-hydrogen) atoms. The van der Waals surface area contributed by atoms with Crippen LogP contribution in [0.15, 0.2) is 10.9 Å². The number of nitrogens with zero attached hydrogens (tertiary/aromatic N) is 1. The number of hydrogen-bond acceptors (Lipinski definition) is 4. The Bertz CT molecular complexity index is 396. The van der Waals surface area contributed by atoms with Gasteiger partial charge in [0.25, 0.3) is 5.56 Å². The summed E-state index contributed by atoms with van der Waals surface area (Å²) in [6, 6.07) is 1.38. The number of nitrogens with two attached hydrogens (primary N) is 1. The Morgan fingerprint density at radius 1 is 1.67 bits per heavy atom. The van der Waals surface area contributed by atoms with Gasteiger partial charge in [0.2, 0.25) is 5.88 Å². The van der Waals surface area contributed by atoms with Crippen molar-refractivity contribution in [2.75, 3.05) is 6.54 Å². The second-order valence-electron chi connectivity index (χ2n) is 3.98. The van der Waals surface area contributed by atoms with E-state index in [1.165, 1.54) is 6.07 Å². The van der Waals surface area contributed by atoms with Crippen molar-refractivity contribution in [2.45, 2.75) is 25.9 Å². The molecule has 0 radical (unpaired) electrons. The van der Waals surface area contributed by atoms with Gasteiger partial charge in [-0.3, -0.25) is 4.79 Å². The van der Waals surface area contributed by atoms with Crippen LogP contribution < -0.4 is 16.0 Å². The first-order valence-electron chi connectivity index (χ1n) is 5.12. The van der Waals surface area contributed by atoms with Gasteiger partial charge < -0.3 is 15.5 Å². The fourth-order valence-corrected chi connectivity index (χ4v) is 1.75. The number of ether oxygens (including phenoxy) is 1. The van der Waals surface area contributed by atoms with Crippen molar-refractivity contribution >= 4 is 0 Å². The van der Waals surface area contributed by atoms with Crippen molar-refractivity contribution in [1.82, 2.24) is 9.97 Å². The molecule has 1 saturated carbocycles. The van der Waals surface area contributed by atoms with Gasteiger partial charge >= 0.3 is 0 Å². The van der Waals surface area contributed by atoms with E-state index in [9.17, 15) is 4.79 Å². The molecule has 2 rings (SSSR count). The summed E-state index contributed by atoms with van der Waals surface area (Å²) in [5.41, 5.74) is 5.34. The van der Waals surface area contributed by atoms with Gasteiger partial charge in [0.1, 0.15) is 11.9 Å². The Morgan fingerprint density at radius 3 is 3.00 bits per heavy atom. The summed E-state index contributed by atoms with van der Waals surface area (Å²) in [5.74, 6) is 1.56. The molecule has 1 fully saturated rings. The molecule has 0 aliphatic heterocycles. The molecule has 0 saturated heterocycles. The fourth-order valence-electron chi connectivity index (χ4n) is 1.75. The molecule has 5 nitrogen and oxygen atoms in total. The van der Waals surface area contributed by atoms with Gasteiger partial charge in [-0.2, -0.15) is 0 Å². The van der Waals surface area contributed by atoms with Crippen LogP contribution in [0, 0.1) is 12.8 Å². The minimum Gasteiger partial charge on any atom is -0.474 e. The maximum absolute atomic E-state index is 11.1. The number of rotatable bonds is 3. The van der Waals surface area contributed by atoms with Crippen LogP contribution in [0.25, 0.3) is 0 Å². The Hall–Kier alpha value is -1.36. The molecule has 0 atom stereocenters. The van der Waals surface area contributed by atoms with Crippen LogP contribution in [0.3, 0.4) is 0 Å². The van der Waals surface area contributed by atoms with Gasteiger partial charge in [-0.05, 0) is 32.2 Å². The van der Waals surface area contributed by atoms with Gasteiger partial charge in [0, 0.05) is 0 Å². The van der Waals surface area contributed by atoms with Crippen molar-refractivity contribution in [3.63, 3.8) is 0 Å². The molecule has 82 valence electrons. The molecule has 0 unspecified atom stereocenters. The summed E-state index contributed by atoms with van der Waals surface area (Å²) in [5, 5.41) is 0. The SMILES string of the molecule is Cc1nc(OC2CC(CN)C2)cc(=O)[nH]1. The van der Waals surface area contributed by atoms with E-state index in [0.29, 0.717) is 24.2 Å². The third kappa shape index (κ3) is 2.36. The van der Waals surface area contributed by atoms with Crippen LogP contribution >= 0.6 is 0 Å². The van der Waals surface area contributed by atoms with E-state index >= 15 is 0 Å². The Labute approximate surface area is 87.7 Å². The highest BCUT2D eigenvalue weighted by molar-refractivity contribution is 5.09. The zero-order chi connectivity index (χ0) is 10.8. The van der Waals surface area contributed by atoms with E-state index in [1.54, 1.807) is 6.92 Å². The molecule has 5 heteroatoms. The van der Waals surface area contributed by atoms with E-state index < -0.39 is 0 Å². The molecule has 3 N–H and O–H groups in total. The molecule has 1 aliphatic rings. The topological polar surface area (TPSA) is 81.0 Å². The molecule has 1 aromatic rings. The number of aromatic amines is 1. The second-order valence-corrected chi connectivity index (χ2v) is 3.98. The van der Waals surface area contributed by atoms with Crippen molar-refractivity contribution in [3.8, 4) is 5.88 Å². The first kappa shape index (κ1) is 10.2. The average molecular weight is 209 g/mol. The molecule has 0 spiro atoms. The third-order valence-electron chi connectivity index (χ3n) is 2.65. The van der Waals surface area contributed by atoms with E-state index in [-0.39, 0.29) is 11.7 Å². The van der Waals surface area contributed by atoms with Crippen molar-refractivity contribution in [1.29, 1.82) is 0 Å². The zero-order valence-electron chi connectivity index (χ0n) is 8.69. The number of aromatic nitrogens is 2. The smallest absolute Gasteiger partial charge is 0.254 e. The lowest BCUT2D eigenvalue weighted by atomic mass is 9.82. The normalized spacial score (nSPS) is 24.7. The highest BCUT2D eigenvalue weighted by Crippen LogP contribution is 2.29. The first-order valence-corrected chi connectivity index (χ1v) is 5.12. The van der Waals surface area contributed by atoms with Crippen LogP contribution in [-0.4, -0.2) is 22.6 Å². The van der Waals surface area contributed by atoms with Crippen LogP contribution in [0.1, 0.15) is 18.7 Å². The summed E-state index contributed by atoms with van der Waals surface area (Å²) in [4.78, 5) is 17.8. The predicted octanol–water partition coefficient (Wildman–Crippen LogP) is 0.194. The second kappa shape index (κ2) is 4.02. The van der Waals surface area contributed by atoms with Gasteiger partial charge in [0.15, 0.2) is 0 Å². The van der Waals surface area contributed by atoms with Gasteiger partial charge in [0.05, 0.1) is 6.07 Å². The molecule has 0 amide bonds. The summed E-state index contributed by atoms with van der Waals surface area (Å²) in [6.45, 7) is 2.44. The highest BCUT2D eigenvalue weighted by atomic mass is 16.5. The fraction of sp³-hybridized carbons (Fsp3) is 0.600. The van der Waals surface area contributed by atoms with Crippen molar-refractivity contribution in [3.05, 3.63) is 22.2 Å². The van der Waals surface area contributed by atoms with E-state index in [4.69, 9.17) is 10.5 Å². The predicted molar refractivity (Wildman–Crippen MR) is 55.8 cm³/mol. The lowest BCUT2D eigenvalue weighted by Crippen LogP contribution is -2.38. The number of nitrogens with one attached hydrogen (secondary N) is 1. The standard InChI is InChI=1S/C10H15N3O2/c1-6-12-9(14)4-10(13-6)15-8-2-7(3-8)5-11/h4,7-8H,2-3,5,11H2,1H3,(H,12,13,14). The lowest BCUT2D eigenvalue weighted by molar-refractivity contribution is 0.0645. The summed E-state index contributed by atoms with van der Waals surface area (Å²) < 4.78 is 5.56. The monoisotopic (exact) mass is 209 g/mol. The molecule has 0 aromatic carbocycles. The Kier molecular flexibility index (Phi) is 2.73. The average Bonchev–Trinajstić information content (AvgIpc) is 2.08. The maximum atomic E-state index is 11.1. The van der Waals surface area contributed by atoms with Gasteiger partial charge in [-0.15, -0.1) is 0 Å². The van der Waals surface area contributed by atoms with E-state index in [1.807, 2.05) is 0 Å². The summed E-state index contributed by atoms with van der Waals surface area (Å²) in [7, 11) is 0. The van der Waals surface area contributed by atoms with Crippen LogP contribution in [-0.2, 0) is 0 Å². The highest BCUT2D eigenvalue weighted by Gasteiger charge is 2.29. The quantitative estimate of drug-likeness (QED) is 0.744. The summed E-state index contributed by atoms with van der Waals surface area (Å²) >= 11 is 0. The van der Waals surface area contributed by atoms with E-state index in [0.717, 1.165) is 12.8 Å². The minimum absolute atomic E-state index is 0.173. The van der Waals surface area contributed by atoms with Crippen molar-refractivity contribution < 1.29 is 4.74 Å². The molecule has 1 aliphatic carbocycles. The Morgan fingerprint density at radius 2 is 2.40 bits per heavy atom. The molecular formula is C10H15N3O2. The largest absolute Gasteiger partial charge is 0.474 e. The third-order valence-corrected chi connectivity index (χ3v) is 2.65. The molecule has 1 heterocycles. The number of hydrogen-bond donors (Lipinski definition) is 2. The van der Waals surface area contributed by atoms with Gasteiger partial charge in [-0.1, -0.05) is 0 Å². The van der Waals surface area contributed by atoms with Gasteiger partial charge in [-0.25, -0.2) is 4.98 Å². The van der Waals surface area contributed by atoms with Crippen LogP contribution in [0.4, 0.5) is 0 Å². The molecule has 0 bridgehead atoms. The van der Waals surface area contributed by atoms with Crippen molar-refractivity contribution in [2.24, 2.45) is 11.7 Å². The number of H-pyrrole nitrogens is 1. The molecule has 1 aromatic heterocycles. The number of aryl methyl sites for hydroxylation is 1.